The third kappa shape index (κ3) is 2.53. The molecule has 0 aromatic heterocycles. The molecule has 23 heavy (non-hydrogen) atoms. The molecule has 2 amide bonds. The Bertz CT molecular complexity index is 859. The number of aryl methyl sites for hydroxylation is 1. The SMILES string of the molecule is Cc1ccc(C2=C(Cl)C(=O)N(c3cc(F)ccc3F)C2=O)cc1. The number of rotatable bonds is 2. The Morgan fingerprint density at radius 2 is 1.61 bits per heavy atom. The summed E-state index contributed by atoms with van der Waals surface area (Å²) in [4.78, 5) is 25.4. The average molecular weight is 334 g/mol. The summed E-state index contributed by atoms with van der Waals surface area (Å²) in [5.74, 6) is -3.31. The fourth-order valence-corrected chi connectivity index (χ4v) is 2.62. The number of amides is 2. The Morgan fingerprint density at radius 3 is 2.26 bits per heavy atom. The number of hydrogen-bond donors (Lipinski definition) is 0. The lowest BCUT2D eigenvalue weighted by molar-refractivity contribution is -0.119. The number of carbonyl (C=O) groups is 2. The number of anilines is 1. The molecule has 0 saturated heterocycles. The summed E-state index contributed by atoms with van der Waals surface area (Å²) in [6.07, 6.45) is 0. The van der Waals surface area contributed by atoms with Crippen molar-refractivity contribution in [2.24, 2.45) is 0 Å². The fourth-order valence-electron chi connectivity index (χ4n) is 2.35. The van der Waals surface area contributed by atoms with Crippen molar-refractivity contribution in [2.45, 2.75) is 6.92 Å². The minimum Gasteiger partial charge on any atom is -0.268 e. The molecule has 1 aliphatic heterocycles. The smallest absolute Gasteiger partial charge is 0.268 e. The van der Waals surface area contributed by atoms with Gasteiger partial charge in [0.05, 0.1) is 11.3 Å². The van der Waals surface area contributed by atoms with E-state index in [1.54, 1.807) is 24.3 Å². The number of benzene rings is 2. The lowest BCUT2D eigenvalue weighted by atomic mass is 10.0. The van der Waals surface area contributed by atoms with Gasteiger partial charge in [-0.25, -0.2) is 13.7 Å². The molecule has 2 aromatic rings. The van der Waals surface area contributed by atoms with Gasteiger partial charge in [-0.05, 0) is 24.6 Å². The average Bonchev–Trinajstić information content (AvgIpc) is 2.73. The van der Waals surface area contributed by atoms with E-state index in [0.717, 1.165) is 23.8 Å². The molecule has 0 spiro atoms. The van der Waals surface area contributed by atoms with Crippen LogP contribution in [0, 0.1) is 18.6 Å². The van der Waals surface area contributed by atoms with Crippen LogP contribution in [-0.4, -0.2) is 11.8 Å². The lowest BCUT2D eigenvalue weighted by Gasteiger charge is -2.15. The quantitative estimate of drug-likeness (QED) is 0.784. The zero-order valence-electron chi connectivity index (χ0n) is 11.9. The van der Waals surface area contributed by atoms with Crippen LogP contribution in [0.25, 0.3) is 5.57 Å². The van der Waals surface area contributed by atoms with Crippen LogP contribution >= 0.6 is 11.6 Å². The van der Waals surface area contributed by atoms with Crippen molar-refractivity contribution >= 4 is 34.7 Å². The highest BCUT2D eigenvalue weighted by Gasteiger charge is 2.40. The third-order valence-corrected chi connectivity index (χ3v) is 3.87. The Hall–Kier alpha value is -2.53. The van der Waals surface area contributed by atoms with Crippen molar-refractivity contribution in [1.29, 1.82) is 0 Å². The summed E-state index contributed by atoms with van der Waals surface area (Å²) in [6, 6.07) is 9.34. The summed E-state index contributed by atoms with van der Waals surface area (Å²) >= 11 is 5.99. The largest absolute Gasteiger partial charge is 0.277 e. The van der Waals surface area contributed by atoms with E-state index in [0.29, 0.717) is 10.5 Å². The maximum absolute atomic E-state index is 13.9. The van der Waals surface area contributed by atoms with Gasteiger partial charge in [-0.3, -0.25) is 9.59 Å². The summed E-state index contributed by atoms with van der Waals surface area (Å²) in [7, 11) is 0. The minimum absolute atomic E-state index is 0.0275. The van der Waals surface area contributed by atoms with Crippen molar-refractivity contribution in [3.8, 4) is 0 Å². The van der Waals surface area contributed by atoms with Gasteiger partial charge in [-0.2, -0.15) is 0 Å². The van der Waals surface area contributed by atoms with E-state index in [2.05, 4.69) is 0 Å². The molecule has 3 rings (SSSR count). The molecule has 0 fully saturated rings. The van der Waals surface area contributed by atoms with Crippen LogP contribution in [0.4, 0.5) is 14.5 Å². The van der Waals surface area contributed by atoms with Crippen molar-refractivity contribution in [1.82, 2.24) is 0 Å². The van der Waals surface area contributed by atoms with Gasteiger partial charge in [0.25, 0.3) is 11.8 Å². The second-order valence-corrected chi connectivity index (χ2v) is 5.47. The molecule has 116 valence electrons. The molecule has 0 radical (unpaired) electrons. The number of hydrogen-bond acceptors (Lipinski definition) is 2. The standard InChI is InChI=1S/C17H10ClF2NO2/c1-9-2-4-10(5-3-9)14-15(18)17(23)21(16(14)22)13-8-11(19)6-7-12(13)20/h2-8H,1H3. The van der Waals surface area contributed by atoms with Crippen LogP contribution in [0.1, 0.15) is 11.1 Å². The Morgan fingerprint density at radius 1 is 0.957 bits per heavy atom. The van der Waals surface area contributed by atoms with Gasteiger partial charge in [-0.1, -0.05) is 41.4 Å². The molecule has 0 unspecified atom stereocenters. The van der Waals surface area contributed by atoms with Gasteiger partial charge in [0.1, 0.15) is 16.7 Å². The van der Waals surface area contributed by atoms with Crippen LogP contribution < -0.4 is 4.90 Å². The Balaban J connectivity index is 2.09. The molecule has 1 heterocycles. The van der Waals surface area contributed by atoms with Crippen LogP contribution in [0.2, 0.25) is 0 Å². The van der Waals surface area contributed by atoms with Gasteiger partial charge in [0.2, 0.25) is 0 Å². The molecule has 0 atom stereocenters. The molecule has 0 aliphatic carbocycles. The second kappa shape index (κ2) is 5.59. The molecule has 2 aromatic carbocycles. The zero-order chi connectivity index (χ0) is 16.7. The molecule has 0 bridgehead atoms. The second-order valence-electron chi connectivity index (χ2n) is 5.10. The molecule has 6 heteroatoms. The van der Waals surface area contributed by atoms with Crippen molar-refractivity contribution in [3.63, 3.8) is 0 Å². The zero-order valence-corrected chi connectivity index (χ0v) is 12.7. The van der Waals surface area contributed by atoms with E-state index in [-0.39, 0.29) is 10.6 Å². The van der Waals surface area contributed by atoms with Gasteiger partial charge >= 0.3 is 0 Å². The summed E-state index contributed by atoms with van der Waals surface area (Å²) in [6.45, 7) is 1.87. The van der Waals surface area contributed by atoms with E-state index in [4.69, 9.17) is 11.6 Å². The highest BCUT2D eigenvalue weighted by Crippen LogP contribution is 2.36. The van der Waals surface area contributed by atoms with Gasteiger partial charge < -0.3 is 0 Å². The lowest BCUT2D eigenvalue weighted by Crippen LogP contribution is -2.32. The minimum atomic E-state index is -0.886. The third-order valence-electron chi connectivity index (χ3n) is 3.52. The summed E-state index contributed by atoms with van der Waals surface area (Å²) in [5.41, 5.74) is 0.925. The number of carbonyl (C=O) groups excluding carboxylic acids is 2. The first-order valence-corrected chi connectivity index (χ1v) is 7.08. The van der Waals surface area contributed by atoms with Gasteiger partial charge in [0, 0.05) is 6.07 Å². The number of halogens is 3. The van der Waals surface area contributed by atoms with E-state index in [9.17, 15) is 18.4 Å². The van der Waals surface area contributed by atoms with E-state index < -0.39 is 29.1 Å². The first-order chi connectivity index (χ1) is 10.9. The van der Waals surface area contributed by atoms with Crippen molar-refractivity contribution < 1.29 is 18.4 Å². The normalized spacial score (nSPS) is 14.9. The van der Waals surface area contributed by atoms with E-state index >= 15 is 0 Å². The summed E-state index contributed by atoms with van der Waals surface area (Å²) < 4.78 is 27.3. The predicted octanol–water partition coefficient (Wildman–Crippen LogP) is 3.80. The highest BCUT2D eigenvalue weighted by atomic mass is 35.5. The first kappa shape index (κ1) is 15.4. The molecule has 0 saturated carbocycles. The number of nitrogens with zero attached hydrogens (tertiary/aromatic N) is 1. The Labute approximate surface area is 135 Å². The Kier molecular flexibility index (Phi) is 3.74. The maximum atomic E-state index is 13.9. The van der Waals surface area contributed by atoms with Gasteiger partial charge in [-0.15, -0.1) is 0 Å². The fraction of sp³-hybridized carbons (Fsp3) is 0.0588. The molecular weight excluding hydrogens is 324 g/mol. The molecule has 1 aliphatic rings. The van der Waals surface area contributed by atoms with E-state index in [1.807, 2.05) is 6.92 Å². The first-order valence-electron chi connectivity index (χ1n) is 6.71. The molecular formula is C17H10ClF2NO2. The van der Waals surface area contributed by atoms with E-state index in [1.165, 1.54) is 0 Å². The topological polar surface area (TPSA) is 37.4 Å². The van der Waals surface area contributed by atoms with Crippen molar-refractivity contribution in [2.75, 3.05) is 4.90 Å². The maximum Gasteiger partial charge on any atom is 0.277 e. The number of imide groups is 1. The molecule has 0 N–H and O–H groups in total. The summed E-state index contributed by atoms with van der Waals surface area (Å²) in [5, 5.41) is -0.317. The van der Waals surface area contributed by atoms with Crippen LogP contribution in [0.5, 0.6) is 0 Å². The van der Waals surface area contributed by atoms with Crippen molar-refractivity contribution in [3.05, 3.63) is 70.3 Å². The highest BCUT2D eigenvalue weighted by molar-refractivity contribution is 6.60. The van der Waals surface area contributed by atoms with Crippen LogP contribution in [-0.2, 0) is 9.59 Å². The van der Waals surface area contributed by atoms with Crippen LogP contribution in [0.3, 0.4) is 0 Å². The van der Waals surface area contributed by atoms with Crippen LogP contribution in [0.15, 0.2) is 47.5 Å². The molecule has 3 nitrogen and oxygen atoms in total. The monoisotopic (exact) mass is 333 g/mol. The van der Waals surface area contributed by atoms with Gasteiger partial charge in [0.15, 0.2) is 0 Å². The predicted molar refractivity (Wildman–Crippen MR) is 82.8 cm³/mol.